The number of carbonyl (C=O) groups excluding carboxylic acids is 1. The molecule has 1 amide bonds. The second-order valence-corrected chi connectivity index (χ2v) is 25.3. The second-order valence-electron chi connectivity index (χ2n) is 25.3. The van der Waals surface area contributed by atoms with Crippen molar-refractivity contribution in [2.45, 2.75) is 375 Å². The van der Waals surface area contributed by atoms with Crippen molar-refractivity contribution in [3.05, 3.63) is 24.3 Å². The molecule has 0 bridgehead atoms. The van der Waals surface area contributed by atoms with Gasteiger partial charge in [0.05, 0.1) is 38.6 Å². The lowest BCUT2D eigenvalue weighted by molar-refractivity contribution is -0.379. The molecule has 0 saturated carbocycles. The van der Waals surface area contributed by atoms with Crippen LogP contribution in [-0.2, 0) is 33.2 Å². The molecule has 3 aliphatic rings. The number of hydrogen-bond acceptors (Lipinski definition) is 18. The molecule has 0 aromatic carbocycles. The average Bonchev–Trinajstić information content (AvgIpc) is 1.50. The minimum absolute atomic E-state index is 0.245. The molecule has 0 aromatic rings. The van der Waals surface area contributed by atoms with E-state index in [9.17, 15) is 61.0 Å². The topological polar surface area (TPSA) is 307 Å². The zero-order valence-corrected chi connectivity index (χ0v) is 54.0. The molecule has 17 unspecified atom stereocenters. The number of unbranched alkanes of at least 4 members (excludes halogenated alkanes) is 36. The Bertz CT molecular complexity index is 1680. The first-order valence-electron chi connectivity index (χ1n) is 35.1. The van der Waals surface area contributed by atoms with Crippen molar-refractivity contribution in [1.29, 1.82) is 0 Å². The second kappa shape index (κ2) is 50.8. The van der Waals surface area contributed by atoms with Crippen molar-refractivity contribution >= 4 is 5.91 Å². The van der Waals surface area contributed by atoms with Gasteiger partial charge in [-0.2, -0.15) is 0 Å². The number of rotatable bonds is 54. The number of amides is 1. The number of hydrogen-bond donors (Lipinski definition) is 12. The van der Waals surface area contributed by atoms with Crippen LogP contribution in [0.4, 0.5) is 0 Å². The molecule has 0 aliphatic carbocycles. The van der Waals surface area contributed by atoms with Gasteiger partial charge in [-0.05, 0) is 38.5 Å². The van der Waals surface area contributed by atoms with Crippen LogP contribution in [-0.4, -0.2) is 193 Å². The molecule has 0 spiro atoms. The smallest absolute Gasteiger partial charge is 0.220 e. The van der Waals surface area contributed by atoms with Gasteiger partial charge in [-0.3, -0.25) is 4.79 Å². The summed E-state index contributed by atoms with van der Waals surface area (Å²) in [6.07, 6.45) is 32.2. The molecule has 0 radical (unpaired) electrons. The van der Waals surface area contributed by atoms with Crippen molar-refractivity contribution in [2.24, 2.45) is 0 Å². The lowest BCUT2D eigenvalue weighted by atomic mass is 9.96. The highest BCUT2D eigenvalue weighted by atomic mass is 16.8. The highest BCUT2D eigenvalue weighted by Crippen LogP contribution is 2.33. The fourth-order valence-corrected chi connectivity index (χ4v) is 12.0. The van der Waals surface area contributed by atoms with Crippen LogP contribution < -0.4 is 5.32 Å². The first kappa shape index (κ1) is 79.5. The van der Waals surface area contributed by atoms with E-state index in [1.54, 1.807) is 12.2 Å². The summed E-state index contributed by atoms with van der Waals surface area (Å²) in [7, 11) is 0. The Balaban J connectivity index is 1.18. The van der Waals surface area contributed by atoms with Crippen LogP contribution in [0.3, 0.4) is 0 Å². The molecule has 19 nitrogen and oxygen atoms in total. The van der Waals surface area contributed by atoms with E-state index in [2.05, 4.69) is 24.4 Å². The van der Waals surface area contributed by atoms with Gasteiger partial charge < -0.3 is 89.9 Å². The Morgan fingerprint density at radius 2 is 0.747 bits per heavy atom. The van der Waals surface area contributed by atoms with E-state index >= 15 is 0 Å². The number of ether oxygens (including phenoxy) is 6. The minimum atomic E-state index is -1.97. The van der Waals surface area contributed by atoms with Gasteiger partial charge in [0.2, 0.25) is 5.91 Å². The van der Waals surface area contributed by atoms with Crippen LogP contribution in [0, 0.1) is 0 Å². The molecular weight excluding hydrogens is 1120 g/mol. The molecule has 87 heavy (non-hydrogen) atoms. The number of nitrogens with one attached hydrogen (secondary N) is 1. The Morgan fingerprint density at radius 1 is 0.402 bits per heavy atom. The predicted molar refractivity (Wildman–Crippen MR) is 337 cm³/mol. The van der Waals surface area contributed by atoms with Crippen LogP contribution in [0.1, 0.15) is 271 Å². The fourth-order valence-electron chi connectivity index (χ4n) is 12.0. The number of allylic oxidation sites excluding steroid dienone is 3. The Labute approximate surface area is 524 Å². The maximum absolute atomic E-state index is 13.2. The fraction of sp³-hybridized carbons (Fsp3) is 0.926. The van der Waals surface area contributed by atoms with E-state index in [0.29, 0.717) is 12.8 Å². The SMILES string of the molecule is CCC/C=C/C(O)C(COC1OC(CO)C(OC2OC(CO)C(OC3OC(CO)C(O)C(O)C3O)C(O)C2O)C(O)C1O)NC(=O)CCCCCCCCCCCCCCCCCCCCCCCCCCCCC/C=C\CCCCCCCCCC. The lowest BCUT2D eigenvalue weighted by Crippen LogP contribution is -2.66. The van der Waals surface area contributed by atoms with Gasteiger partial charge >= 0.3 is 0 Å². The third-order valence-corrected chi connectivity index (χ3v) is 17.7. The quantitative estimate of drug-likeness (QED) is 0.0200. The Hall–Kier alpha value is -1.73. The molecule has 3 saturated heterocycles. The van der Waals surface area contributed by atoms with Crippen LogP contribution >= 0.6 is 0 Å². The normalized spacial score (nSPS) is 28.7. The highest BCUT2D eigenvalue weighted by molar-refractivity contribution is 5.76. The van der Waals surface area contributed by atoms with Gasteiger partial charge in [-0.15, -0.1) is 0 Å². The van der Waals surface area contributed by atoms with Gasteiger partial charge in [0.25, 0.3) is 0 Å². The lowest BCUT2D eigenvalue weighted by Gasteiger charge is -2.48. The molecule has 0 aromatic heterocycles. The zero-order valence-electron chi connectivity index (χ0n) is 54.0. The summed E-state index contributed by atoms with van der Waals surface area (Å²) in [5.74, 6) is -0.283. The first-order valence-corrected chi connectivity index (χ1v) is 35.1. The Morgan fingerprint density at radius 3 is 1.14 bits per heavy atom. The molecule has 3 fully saturated rings. The van der Waals surface area contributed by atoms with Gasteiger partial charge in [-0.1, -0.05) is 250 Å². The minimum Gasteiger partial charge on any atom is -0.394 e. The predicted octanol–water partition coefficient (Wildman–Crippen LogP) is 9.05. The molecule has 17 atom stereocenters. The summed E-state index contributed by atoms with van der Waals surface area (Å²) in [4.78, 5) is 13.2. The van der Waals surface area contributed by atoms with Gasteiger partial charge in [0.1, 0.15) is 73.2 Å². The summed E-state index contributed by atoms with van der Waals surface area (Å²) in [5, 5.41) is 119. The molecule has 3 rings (SSSR count). The molecule has 3 aliphatic heterocycles. The largest absolute Gasteiger partial charge is 0.394 e. The average molecular weight is 1250 g/mol. The van der Waals surface area contributed by atoms with E-state index in [0.717, 1.165) is 25.7 Å². The van der Waals surface area contributed by atoms with Crippen LogP contribution in [0.25, 0.3) is 0 Å². The molecule has 3 heterocycles. The Kier molecular flexibility index (Phi) is 46.4. The summed E-state index contributed by atoms with van der Waals surface area (Å²) in [6, 6.07) is -0.965. The van der Waals surface area contributed by atoms with Crippen molar-refractivity contribution in [1.82, 2.24) is 5.32 Å². The van der Waals surface area contributed by atoms with Crippen molar-refractivity contribution < 1.29 is 89.4 Å². The summed E-state index contributed by atoms with van der Waals surface area (Å²) in [5.41, 5.74) is 0. The molecule has 12 N–H and O–H groups in total. The summed E-state index contributed by atoms with van der Waals surface area (Å²) in [6.45, 7) is 1.50. The number of carbonyl (C=O) groups is 1. The van der Waals surface area contributed by atoms with Gasteiger partial charge in [0.15, 0.2) is 18.9 Å². The number of aliphatic hydroxyl groups excluding tert-OH is 11. The summed E-state index contributed by atoms with van der Waals surface area (Å²) >= 11 is 0. The molecule has 512 valence electrons. The van der Waals surface area contributed by atoms with E-state index < -0.39 is 124 Å². The standard InChI is InChI=1S/C68H127NO18/c1-3-5-7-8-9-10-11-12-13-14-15-16-17-18-19-20-21-22-23-24-25-26-27-28-29-30-31-32-33-34-35-36-37-38-39-40-41-42-44-46-56(74)69-51(52(73)45-43-6-4-2)50-82-66-62(80)59(77)64(54(48-71)84-66)87-68-63(81)60(78)65(55(49-72)85-68)86-67-61(79)58(76)57(75)53(47-70)83-67/h14-15,43,45,51-55,57-68,70-73,75-81H,3-13,16-42,44,46-50H2,1-2H3,(H,69,74)/b15-14-,45-43+. The zero-order chi connectivity index (χ0) is 63.3. The van der Waals surface area contributed by atoms with E-state index in [1.165, 1.54) is 212 Å². The number of aliphatic hydroxyl groups is 11. The van der Waals surface area contributed by atoms with Gasteiger partial charge in [0, 0.05) is 6.42 Å². The highest BCUT2D eigenvalue weighted by Gasteiger charge is 2.53. The van der Waals surface area contributed by atoms with E-state index in [4.69, 9.17) is 28.4 Å². The summed E-state index contributed by atoms with van der Waals surface area (Å²) < 4.78 is 34.0. The monoisotopic (exact) mass is 1250 g/mol. The van der Waals surface area contributed by atoms with Crippen molar-refractivity contribution in [3.8, 4) is 0 Å². The van der Waals surface area contributed by atoms with Crippen LogP contribution in [0.15, 0.2) is 24.3 Å². The van der Waals surface area contributed by atoms with Crippen LogP contribution in [0.5, 0.6) is 0 Å². The molecular formula is C68H127NO18. The third-order valence-electron chi connectivity index (χ3n) is 17.7. The van der Waals surface area contributed by atoms with E-state index in [1.807, 2.05) is 6.92 Å². The maximum atomic E-state index is 13.2. The van der Waals surface area contributed by atoms with E-state index in [-0.39, 0.29) is 18.9 Å². The van der Waals surface area contributed by atoms with Gasteiger partial charge in [-0.25, -0.2) is 0 Å². The third kappa shape index (κ3) is 33.1. The van der Waals surface area contributed by atoms with Crippen LogP contribution in [0.2, 0.25) is 0 Å². The van der Waals surface area contributed by atoms with Crippen molar-refractivity contribution in [2.75, 3.05) is 26.4 Å². The maximum Gasteiger partial charge on any atom is 0.220 e. The molecule has 19 heteroatoms. The van der Waals surface area contributed by atoms with Crippen molar-refractivity contribution in [3.63, 3.8) is 0 Å². The first-order chi connectivity index (χ1) is 42.3.